The fourth-order valence-electron chi connectivity index (χ4n) is 2.35. The van der Waals surface area contributed by atoms with E-state index in [1.54, 1.807) is 13.2 Å². The minimum Gasteiger partial charge on any atom is -0.504 e. The van der Waals surface area contributed by atoms with Gasteiger partial charge in [-0.15, -0.1) is 0 Å². The van der Waals surface area contributed by atoms with Gasteiger partial charge in [0.2, 0.25) is 0 Å². The van der Waals surface area contributed by atoms with Crippen LogP contribution in [0.15, 0.2) is 18.2 Å². The second kappa shape index (κ2) is 8.15. The van der Waals surface area contributed by atoms with Gasteiger partial charge >= 0.3 is 0 Å². The summed E-state index contributed by atoms with van der Waals surface area (Å²) in [7, 11) is 1.57. The quantitative estimate of drug-likeness (QED) is 0.669. The molecule has 0 heterocycles. The summed E-state index contributed by atoms with van der Waals surface area (Å²) in [4.78, 5) is 0. The third-order valence-corrected chi connectivity index (χ3v) is 3.68. The largest absolute Gasteiger partial charge is 0.504 e. The molecule has 1 rings (SSSR count). The van der Waals surface area contributed by atoms with Crippen molar-refractivity contribution in [2.45, 2.75) is 53.0 Å². The number of rotatable bonds is 9. The average Bonchev–Trinajstić information content (AvgIpc) is 2.41. The van der Waals surface area contributed by atoms with Crippen LogP contribution in [0.1, 0.15) is 52.0 Å². The number of nitrogens with one attached hydrogen (secondary N) is 1. The Kier molecular flexibility index (Phi) is 6.86. The Balaban J connectivity index is 2.44. The lowest BCUT2D eigenvalue weighted by Crippen LogP contribution is -2.29. The number of benzene rings is 1. The van der Waals surface area contributed by atoms with Crippen molar-refractivity contribution in [3.8, 4) is 11.5 Å². The lowest BCUT2D eigenvalue weighted by Gasteiger charge is -2.25. The van der Waals surface area contributed by atoms with Crippen LogP contribution in [0.3, 0.4) is 0 Å². The molecular weight excluding hydrogens is 250 g/mol. The van der Waals surface area contributed by atoms with Crippen molar-refractivity contribution in [1.29, 1.82) is 0 Å². The van der Waals surface area contributed by atoms with E-state index in [4.69, 9.17) is 4.74 Å². The number of ether oxygens (including phenoxy) is 1. The number of hydrogen-bond donors (Lipinski definition) is 2. The third kappa shape index (κ3) is 5.41. The maximum absolute atomic E-state index is 10.0. The molecule has 0 atom stereocenters. The standard InChI is InChI=1S/C17H29NO2/c1-5-6-7-11-17(2,3)13-18-12-14-9-8-10-15(20-4)16(14)19/h8-10,18-19H,5-7,11-13H2,1-4H3. The highest BCUT2D eigenvalue weighted by Gasteiger charge is 2.17. The first-order valence-electron chi connectivity index (χ1n) is 7.55. The fourth-order valence-corrected chi connectivity index (χ4v) is 2.35. The summed E-state index contributed by atoms with van der Waals surface area (Å²) in [6.07, 6.45) is 5.09. The van der Waals surface area contributed by atoms with Crippen molar-refractivity contribution in [2.75, 3.05) is 13.7 Å². The van der Waals surface area contributed by atoms with Gasteiger partial charge in [-0.3, -0.25) is 0 Å². The minimum atomic E-state index is 0.242. The van der Waals surface area contributed by atoms with Crippen LogP contribution in [-0.2, 0) is 6.54 Å². The first-order valence-corrected chi connectivity index (χ1v) is 7.55. The van der Waals surface area contributed by atoms with Crippen LogP contribution in [0, 0.1) is 5.41 Å². The number of phenolic OH excluding ortho intramolecular Hbond substituents is 1. The molecule has 0 aliphatic heterocycles. The molecular formula is C17H29NO2. The first kappa shape index (κ1) is 16.8. The van der Waals surface area contributed by atoms with E-state index in [2.05, 4.69) is 26.1 Å². The molecule has 0 saturated carbocycles. The smallest absolute Gasteiger partial charge is 0.162 e. The zero-order chi connectivity index (χ0) is 15.0. The van der Waals surface area contributed by atoms with Gasteiger partial charge in [-0.2, -0.15) is 0 Å². The summed E-state index contributed by atoms with van der Waals surface area (Å²) in [6, 6.07) is 5.60. The number of aromatic hydroxyl groups is 1. The van der Waals surface area contributed by atoms with Gasteiger partial charge in [0.15, 0.2) is 11.5 Å². The topological polar surface area (TPSA) is 41.5 Å². The second-order valence-electron chi connectivity index (χ2n) is 6.19. The Morgan fingerprint density at radius 1 is 1.25 bits per heavy atom. The summed E-state index contributed by atoms with van der Waals surface area (Å²) in [5.74, 6) is 0.776. The molecule has 0 amide bonds. The molecule has 114 valence electrons. The Morgan fingerprint density at radius 3 is 2.65 bits per heavy atom. The van der Waals surface area contributed by atoms with Crippen LogP contribution >= 0.6 is 0 Å². The van der Waals surface area contributed by atoms with Gasteiger partial charge in [0.05, 0.1) is 7.11 Å². The maximum Gasteiger partial charge on any atom is 0.162 e. The van der Waals surface area contributed by atoms with Crippen molar-refractivity contribution >= 4 is 0 Å². The predicted molar refractivity (Wildman–Crippen MR) is 84.3 cm³/mol. The van der Waals surface area contributed by atoms with Gasteiger partial charge in [0.1, 0.15) is 0 Å². The summed E-state index contributed by atoms with van der Waals surface area (Å²) < 4.78 is 5.12. The van der Waals surface area contributed by atoms with E-state index in [1.807, 2.05) is 12.1 Å². The van der Waals surface area contributed by atoms with Crippen molar-refractivity contribution < 1.29 is 9.84 Å². The summed E-state index contributed by atoms with van der Waals surface area (Å²) in [5.41, 5.74) is 1.18. The van der Waals surface area contributed by atoms with Crippen molar-refractivity contribution in [2.24, 2.45) is 5.41 Å². The minimum absolute atomic E-state index is 0.242. The highest BCUT2D eigenvalue weighted by Crippen LogP contribution is 2.29. The van der Waals surface area contributed by atoms with Gasteiger partial charge in [0.25, 0.3) is 0 Å². The van der Waals surface area contributed by atoms with Crippen LogP contribution in [0.4, 0.5) is 0 Å². The Bertz CT molecular complexity index is 402. The van der Waals surface area contributed by atoms with Crippen LogP contribution in [0.2, 0.25) is 0 Å². The van der Waals surface area contributed by atoms with E-state index >= 15 is 0 Å². The van der Waals surface area contributed by atoms with Gasteiger partial charge in [-0.05, 0) is 17.9 Å². The molecule has 0 aliphatic rings. The van der Waals surface area contributed by atoms with Crippen LogP contribution in [-0.4, -0.2) is 18.8 Å². The molecule has 20 heavy (non-hydrogen) atoms. The lowest BCUT2D eigenvalue weighted by molar-refractivity contribution is 0.300. The molecule has 3 nitrogen and oxygen atoms in total. The van der Waals surface area contributed by atoms with Gasteiger partial charge in [-0.1, -0.05) is 52.2 Å². The average molecular weight is 279 g/mol. The van der Waals surface area contributed by atoms with Gasteiger partial charge < -0.3 is 15.2 Å². The predicted octanol–water partition coefficient (Wildman–Crippen LogP) is 4.10. The molecule has 0 fully saturated rings. The monoisotopic (exact) mass is 279 g/mol. The first-order chi connectivity index (χ1) is 9.50. The van der Waals surface area contributed by atoms with Crippen LogP contribution in [0.5, 0.6) is 11.5 Å². The van der Waals surface area contributed by atoms with E-state index in [0.717, 1.165) is 12.1 Å². The molecule has 0 radical (unpaired) electrons. The number of methoxy groups -OCH3 is 1. The summed E-state index contributed by atoms with van der Waals surface area (Å²) in [6.45, 7) is 8.44. The molecule has 2 N–H and O–H groups in total. The second-order valence-corrected chi connectivity index (χ2v) is 6.19. The molecule has 1 aromatic rings. The zero-order valence-electron chi connectivity index (χ0n) is 13.3. The Labute approximate surface area is 123 Å². The molecule has 1 aromatic carbocycles. The maximum atomic E-state index is 10.0. The third-order valence-electron chi connectivity index (χ3n) is 3.68. The molecule has 0 aliphatic carbocycles. The van der Waals surface area contributed by atoms with E-state index in [1.165, 1.54) is 25.7 Å². The number of hydrogen-bond acceptors (Lipinski definition) is 3. The molecule has 0 unspecified atom stereocenters. The van der Waals surface area contributed by atoms with Gasteiger partial charge in [-0.25, -0.2) is 0 Å². The number of unbranched alkanes of at least 4 members (excludes halogenated alkanes) is 2. The van der Waals surface area contributed by atoms with Crippen LogP contribution < -0.4 is 10.1 Å². The number of phenols is 1. The van der Waals surface area contributed by atoms with Crippen molar-refractivity contribution in [1.82, 2.24) is 5.32 Å². The molecule has 0 bridgehead atoms. The number of para-hydroxylation sites is 1. The molecule has 3 heteroatoms. The van der Waals surface area contributed by atoms with E-state index in [9.17, 15) is 5.11 Å². The van der Waals surface area contributed by atoms with Crippen LogP contribution in [0.25, 0.3) is 0 Å². The molecule has 0 saturated heterocycles. The van der Waals surface area contributed by atoms with Crippen molar-refractivity contribution in [3.63, 3.8) is 0 Å². The highest BCUT2D eigenvalue weighted by atomic mass is 16.5. The Hall–Kier alpha value is -1.22. The molecule has 0 spiro atoms. The fraction of sp³-hybridized carbons (Fsp3) is 0.647. The van der Waals surface area contributed by atoms with Gasteiger partial charge in [0, 0.05) is 18.7 Å². The SMILES string of the molecule is CCCCCC(C)(C)CNCc1cccc(OC)c1O. The lowest BCUT2D eigenvalue weighted by atomic mass is 9.87. The Morgan fingerprint density at radius 2 is 2.00 bits per heavy atom. The van der Waals surface area contributed by atoms with E-state index in [-0.39, 0.29) is 5.75 Å². The van der Waals surface area contributed by atoms with E-state index < -0.39 is 0 Å². The summed E-state index contributed by atoms with van der Waals surface area (Å²) >= 11 is 0. The zero-order valence-corrected chi connectivity index (χ0v) is 13.3. The highest BCUT2D eigenvalue weighted by molar-refractivity contribution is 5.45. The molecule has 0 aromatic heterocycles. The van der Waals surface area contributed by atoms with Crippen molar-refractivity contribution in [3.05, 3.63) is 23.8 Å². The van der Waals surface area contributed by atoms with E-state index in [0.29, 0.717) is 17.7 Å². The summed E-state index contributed by atoms with van der Waals surface area (Å²) in [5, 5.41) is 13.5. The normalized spacial score (nSPS) is 11.6.